The van der Waals surface area contributed by atoms with Gasteiger partial charge in [-0.2, -0.15) is 0 Å². The minimum absolute atomic E-state index is 0.101. The molecule has 0 bridgehead atoms. The highest BCUT2D eigenvalue weighted by Crippen LogP contribution is 2.27. The summed E-state index contributed by atoms with van der Waals surface area (Å²) >= 11 is 12.6. The zero-order valence-corrected chi connectivity index (χ0v) is 31.4. The van der Waals surface area contributed by atoms with E-state index < -0.39 is 6.04 Å². The number of ether oxygens (including phenoxy) is 1. The van der Waals surface area contributed by atoms with E-state index in [2.05, 4.69) is 29.6 Å². The van der Waals surface area contributed by atoms with Gasteiger partial charge in [-0.25, -0.2) is 4.98 Å². The van der Waals surface area contributed by atoms with Crippen LogP contribution in [-0.2, 0) is 16.0 Å². The van der Waals surface area contributed by atoms with Gasteiger partial charge in [-0.05, 0) is 122 Å². The van der Waals surface area contributed by atoms with Crippen LogP contribution >= 0.6 is 23.2 Å². The van der Waals surface area contributed by atoms with E-state index in [0.29, 0.717) is 76.6 Å². The van der Waals surface area contributed by atoms with Crippen molar-refractivity contribution >= 4 is 46.6 Å². The second kappa shape index (κ2) is 19.1. The van der Waals surface area contributed by atoms with Crippen molar-refractivity contribution in [2.45, 2.75) is 51.6 Å². The lowest BCUT2D eigenvalue weighted by atomic mass is 10.0. The first-order valence-corrected chi connectivity index (χ1v) is 18.0. The molecular weight excluding hydrogens is 671 g/mol. The summed E-state index contributed by atoms with van der Waals surface area (Å²) < 4.78 is 7.25. The van der Waals surface area contributed by atoms with Crippen LogP contribution in [0.25, 0.3) is 17.5 Å². The largest absolute Gasteiger partial charge is 0.494 e. The Morgan fingerprint density at radius 1 is 1.18 bits per heavy atom. The summed E-state index contributed by atoms with van der Waals surface area (Å²) in [7, 11) is 6.09. The molecule has 4 rings (SSSR count). The summed E-state index contributed by atoms with van der Waals surface area (Å²) in [6.07, 6.45) is 15.3. The molecule has 1 N–H and O–H groups in total. The lowest BCUT2D eigenvalue weighted by Crippen LogP contribution is -2.51. The highest BCUT2D eigenvalue weighted by Gasteiger charge is 2.30. The van der Waals surface area contributed by atoms with Crippen LogP contribution in [0.1, 0.15) is 50.5 Å². The molecule has 9 nitrogen and oxygen atoms in total. The van der Waals surface area contributed by atoms with Crippen molar-refractivity contribution in [3.63, 3.8) is 0 Å². The Balaban J connectivity index is 1.87. The highest BCUT2D eigenvalue weighted by molar-refractivity contribution is 6.42. The molecule has 2 heterocycles. The number of nitrogens with zero attached hydrogens (tertiary/aromatic N) is 5. The Bertz CT molecular complexity index is 1830. The average molecular weight is 722 g/mol. The summed E-state index contributed by atoms with van der Waals surface area (Å²) in [6.45, 7) is 12.3. The molecule has 1 saturated heterocycles. The van der Waals surface area contributed by atoms with Crippen LogP contribution in [-0.4, -0.2) is 96.7 Å². The Morgan fingerprint density at radius 3 is 2.62 bits per heavy atom. The molecule has 1 aromatic heterocycles. The number of fused-ring (bicyclic) bond motifs is 1. The minimum Gasteiger partial charge on any atom is -0.494 e. The Morgan fingerprint density at radius 2 is 1.94 bits per heavy atom. The number of likely N-dealkylation sites (N-methyl/N-ethyl adjacent to an activating group) is 1. The number of hydrogen-bond acceptors (Lipinski definition) is 7. The predicted octanol–water partition coefficient (Wildman–Crippen LogP) is 4.55. The molecule has 1 aromatic carbocycles. The average Bonchev–Trinajstić information content (AvgIpc) is 3.34. The van der Waals surface area contributed by atoms with Crippen LogP contribution < -0.4 is 21.4 Å². The van der Waals surface area contributed by atoms with Crippen molar-refractivity contribution in [2.75, 3.05) is 60.5 Å². The second-order valence-corrected chi connectivity index (χ2v) is 13.6. The Hall–Kier alpha value is -3.69. The fourth-order valence-electron chi connectivity index (χ4n) is 6.04. The summed E-state index contributed by atoms with van der Waals surface area (Å²) in [4.78, 5) is 40.3. The third-order valence-corrected chi connectivity index (χ3v) is 9.58. The first-order valence-electron chi connectivity index (χ1n) is 17.3. The predicted molar refractivity (Wildman–Crippen MR) is 205 cm³/mol. The van der Waals surface area contributed by atoms with Crippen molar-refractivity contribution in [2.24, 2.45) is 0 Å². The van der Waals surface area contributed by atoms with Gasteiger partial charge in [0.05, 0.1) is 34.5 Å². The van der Waals surface area contributed by atoms with E-state index in [1.54, 1.807) is 30.4 Å². The van der Waals surface area contributed by atoms with Gasteiger partial charge in [-0.15, -0.1) is 5.73 Å². The smallest absolute Gasteiger partial charge is 0.273 e. The van der Waals surface area contributed by atoms with E-state index in [1.165, 1.54) is 4.57 Å². The fourth-order valence-corrected chi connectivity index (χ4v) is 6.36. The van der Waals surface area contributed by atoms with E-state index in [4.69, 9.17) is 32.9 Å². The minimum atomic E-state index is -0.579. The number of amides is 1. The summed E-state index contributed by atoms with van der Waals surface area (Å²) in [5.41, 5.74) is 3.94. The normalized spacial score (nSPS) is 15.8. The molecule has 1 aliphatic carbocycles. The number of piperidine rings is 1. The molecule has 1 aliphatic heterocycles. The van der Waals surface area contributed by atoms with Crippen molar-refractivity contribution in [3.8, 4) is 0 Å². The van der Waals surface area contributed by atoms with E-state index in [9.17, 15) is 9.59 Å². The molecule has 50 heavy (non-hydrogen) atoms. The summed E-state index contributed by atoms with van der Waals surface area (Å²) in [5, 5.41) is 5.38. The molecule has 1 fully saturated rings. The quantitative estimate of drug-likeness (QED) is 0.201. The molecule has 2 aliphatic rings. The van der Waals surface area contributed by atoms with Crippen LogP contribution in [0.4, 0.5) is 0 Å². The van der Waals surface area contributed by atoms with Gasteiger partial charge in [0.2, 0.25) is 5.91 Å². The molecule has 2 aromatic rings. The molecular formula is C39H50Cl2N6O3. The number of likely N-dealkylation sites (tertiary alicyclic amines) is 1. The summed E-state index contributed by atoms with van der Waals surface area (Å²) in [5.74, 6) is 0.967. The molecule has 1 unspecified atom stereocenters. The first-order chi connectivity index (χ1) is 24.0. The number of aromatic nitrogens is 2. The maximum atomic E-state index is 14.5. The number of allylic oxidation sites excluding steroid dienone is 7. The number of nitrogens with one attached hydrogen (secondary N) is 1. The standard InChI is InChI=1S/C39H50Cl2N6O3/c1-7-31(50-8-2)16-14-28(3)47-38(43-35-13-11-9-10-12-32(35)39(47)49)36(18-21-42-30-19-22-45(6)23-20-30)46(25-24-44(4)5)37(48)27-29-15-17-33(40)34(41)26-29/h7,9-11,13-17,26,30,36,42H,3,8,18-25,27H2,1-2,4-6H3/b16-14-,31-7+. The van der Waals surface area contributed by atoms with Crippen molar-refractivity contribution < 1.29 is 9.53 Å². The van der Waals surface area contributed by atoms with Crippen molar-refractivity contribution in [3.05, 3.63) is 109 Å². The van der Waals surface area contributed by atoms with Gasteiger partial charge in [-0.1, -0.05) is 48.0 Å². The van der Waals surface area contributed by atoms with Crippen LogP contribution in [0.5, 0.6) is 0 Å². The lowest BCUT2D eigenvalue weighted by molar-refractivity contribution is -0.133. The number of carbonyl (C=O) groups excluding carboxylic acids is 1. The van der Waals surface area contributed by atoms with E-state index >= 15 is 0 Å². The number of carbonyl (C=O) groups is 1. The van der Waals surface area contributed by atoms with Gasteiger partial charge >= 0.3 is 0 Å². The summed E-state index contributed by atoms with van der Waals surface area (Å²) in [6, 6.07) is 5.04. The highest BCUT2D eigenvalue weighted by atomic mass is 35.5. The van der Waals surface area contributed by atoms with Crippen LogP contribution in [0.2, 0.25) is 10.0 Å². The van der Waals surface area contributed by atoms with Gasteiger partial charge in [0.15, 0.2) is 0 Å². The third kappa shape index (κ3) is 10.7. The molecule has 1 amide bonds. The lowest BCUT2D eigenvalue weighted by Gasteiger charge is -2.35. The SMILES string of the molecule is C=C(/C=C\C(=C/C)OCC)n1c(C(CCNC2CCN(C)CC2)N(CCN(C)C)C(=O)Cc2ccc(Cl)c(Cl)c2)nc2c(c1=O)=C=CC=CC=2. The van der Waals surface area contributed by atoms with Crippen molar-refractivity contribution in [1.82, 2.24) is 29.6 Å². The maximum Gasteiger partial charge on any atom is 0.273 e. The zero-order chi connectivity index (χ0) is 36.2. The topological polar surface area (TPSA) is 82.9 Å². The third-order valence-electron chi connectivity index (χ3n) is 8.84. The Kier molecular flexibility index (Phi) is 14.9. The van der Waals surface area contributed by atoms with Crippen LogP contribution in [0.15, 0.2) is 71.8 Å². The van der Waals surface area contributed by atoms with Crippen LogP contribution in [0.3, 0.4) is 0 Å². The van der Waals surface area contributed by atoms with Gasteiger partial charge in [0.1, 0.15) is 16.8 Å². The fraction of sp³-hybridized carbons (Fsp3) is 0.436. The zero-order valence-electron chi connectivity index (χ0n) is 29.9. The van der Waals surface area contributed by atoms with Gasteiger partial charge < -0.3 is 24.8 Å². The second-order valence-electron chi connectivity index (χ2n) is 12.8. The van der Waals surface area contributed by atoms with E-state index in [0.717, 1.165) is 31.5 Å². The molecule has 0 spiro atoms. The molecule has 11 heteroatoms. The number of hydrogen-bond donors (Lipinski definition) is 1. The van der Waals surface area contributed by atoms with Gasteiger partial charge in [0.25, 0.3) is 5.56 Å². The van der Waals surface area contributed by atoms with Gasteiger partial charge in [-0.3, -0.25) is 14.2 Å². The molecule has 268 valence electrons. The van der Waals surface area contributed by atoms with Gasteiger partial charge in [0, 0.05) is 24.8 Å². The first kappa shape index (κ1) is 39.1. The van der Waals surface area contributed by atoms with Crippen LogP contribution in [0, 0.1) is 0 Å². The van der Waals surface area contributed by atoms with Crippen molar-refractivity contribution in [1.29, 1.82) is 0 Å². The maximum absolute atomic E-state index is 14.5. The Labute approximate surface area is 306 Å². The number of rotatable bonds is 16. The molecule has 0 saturated carbocycles. The molecule has 1 atom stereocenters. The van der Waals surface area contributed by atoms with E-state index in [1.807, 2.05) is 68.1 Å². The number of halogens is 2. The van der Waals surface area contributed by atoms with E-state index in [-0.39, 0.29) is 17.9 Å². The molecule has 0 radical (unpaired) electrons. The number of benzene rings is 1. The monoisotopic (exact) mass is 720 g/mol.